The Morgan fingerprint density at radius 1 is 1.14 bits per heavy atom. The molecule has 0 atom stereocenters. The molecule has 0 unspecified atom stereocenters. The van der Waals surface area contributed by atoms with Gasteiger partial charge in [0.25, 0.3) is 0 Å². The number of carbonyl (C=O) groups excluding carboxylic acids is 2. The van der Waals surface area contributed by atoms with Gasteiger partial charge in [-0.05, 0) is 34.5 Å². The molecular formula is C19H27N7O3. The summed E-state index contributed by atoms with van der Waals surface area (Å²) in [4.78, 5) is 28.5. The van der Waals surface area contributed by atoms with Crippen molar-refractivity contribution in [1.82, 2.24) is 35.3 Å². The summed E-state index contributed by atoms with van der Waals surface area (Å²) in [7, 11) is 1.65. The van der Waals surface area contributed by atoms with Crippen LogP contribution in [0.3, 0.4) is 0 Å². The normalized spacial score (nSPS) is 14.7. The Bertz CT molecular complexity index is 772. The van der Waals surface area contributed by atoms with E-state index in [0.29, 0.717) is 52.3 Å². The molecule has 0 spiro atoms. The van der Waals surface area contributed by atoms with Crippen LogP contribution in [-0.4, -0.2) is 94.8 Å². The summed E-state index contributed by atoms with van der Waals surface area (Å²) in [5.41, 5.74) is 1.80. The van der Waals surface area contributed by atoms with Gasteiger partial charge in [0.05, 0.1) is 18.7 Å². The van der Waals surface area contributed by atoms with E-state index in [-0.39, 0.29) is 11.8 Å². The first-order valence-electron chi connectivity index (χ1n) is 9.74. The average molecular weight is 401 g/mol. The van der Waals surface area contributed by atoms with Crippen LogP contribution in [0.2, 0.25) is 0 Å². The Morgan fingerprint density at radius 2 is 1.90 bits per heavy atom. The van der Waals surface area contributed by atoms with Gasteiger partial charge in [0.15, 0.2) is 0 Å². The van der Waals surface area contributed by atoms with E-state index in [9.17, 15) is 9.59 Å². The van der Waals surface area contributed by atoms with E-state index >= 15 is 0 Å². The Morgan fingerprint density at radius 3 is 2.55 bits per heavy atom. The maximum absolute atomic E-state index is 12.6. The number of piperazine rings is 1. The van der Waals surface area contributed by atoms with E-state index in [2.05, 4.69) is 25.7 Å². The minimum absolute atomic E-state index is 0.0172. The van der Waals surface area contributed by atoms with Gasteiger partial charge >= 0.3 is 0 Å². The lowest BCUT2D eigenvalue weighted by molar-refractivity contribution is -0.132. The second kappa shape index (κ2) is 10.6. The number of ether oxygens (including phenoxy) is 1. The summed E-state index contributed by atoms with van der Waals surface area (Å²) in [6.07, 6.45) is 2.69. The number of nitrogens with one attached hydrogen (secondary N) is 1. The number of rotatable bonds is 9. The molecule has 1 aliphatic heterocycles. The summed E-state index contributed by atoms with van der Waals surface area (Å²) in [5.74, 6) is 0.118. The van der Waals surface area contributed by atoms with E-state index in [1.54, 1.807) is 11.8 Å². The number of hydrogen-bond acceptors (Lipinski definition) is 7. The average Bonchev–Trinajstić information content (AvgIpc) is 3.27. The zero-order chi connectivity index (χ0) is 20.5. The van der Waals surface area contributed by atoms with Gasteiger partial charge in [-0.2, -0.15) is 0 Å². The van der Waals surface area contributed by atoms with Crippen molar-refractivity contribution in [3.8, 4) is 5.69 Å². The minimum atomic E-state index is 0.0172. The number of tetrazole rings is 1. The fourth-order valence-electron chi connectivity index (χ4n) is 3.19. The highest BCUT2D eigenvalue weighted by atomic mass is 16.5. The van der Waals surface area contributed by atoms with Crippen molar-refractivity contribution in [3.63, 3.8) is 0 Å². The third-order valence-corrected chi connectivity index (χ3v) is 4.84. The highest BCUT2D eigenvalue weighted by Crippen LogP contribution is 2.11. The van der Waals surface area contributed by atoms with Crippen LogP contribution < -0.4 is 5.32 Å². The number of nitrogens with zero attached hydrogens (tertiary/aromatic N) is 6. The first-order chi connectivity index (χ1) is 14.2. The maximum Gasteiger partial charge on any atom is 0.234 e. The van der Waals surface area contributed by atoms with Crippen LogP contribution in [-0.2, 0) is 20.7 Å². The number of amides is 2. The van der Waals surface area contributed by atoms with E-state index in [4.69, 9.17) is 4.74 Å². The molecule has 156 valence electrons. The third kappa shape index (κ3) is 6.33. The Hall–Kier alpha value is -2.85. The predicted octanol–water partition coefficient (Wildman–Crippen LogP) is -0.498. The SMILES string of the molecule is COCCCNC(=O)CN1CCN(C(=O)Cc2ccc(-n3cnnn3)cc2)CC1. The lowest BCUT2D eigenvalue weighted by Crippen LogP contribution is -2.51. The lowest BCUT2D eigenvalue weighted by Gasteiger charge is -2.34. The Labute approximate surface area is 169 Å². The van der Waals surface area contributed by atoms with Crippen molar-refractivity contribution in [2.45, 2.75) is 12.8 Å². The highest BCUT2D eigenvalue weighted by molar-refractivity contribution is 5.79. The van der Waals surface area contributed by atoms with Crippen molar-refractivity contribution >= 4 is 11.8 Å². The van der Waals surface area contributed by atoms with Crippen LogP contribution in [0.5, 0.6) is 0 Å². The summed E-state index contributed by atoms with van der Waals surface area (Å²) >= 11 is 0. The molecule has 1 aliphatic rings. The van der Waals surface area contributed by atoms with Crippen LogP contribution in [0, 0.1) is 0 Å². The smallest absolute Gasteiger partial charge is 0.234 e. The summed E-state index contributed by atoms with van der Waals surface area (Å²) in [6.45, 7) is 4.31. The Kier molecular flexibility index (Phi) is 7.65. The molecule has 29 heavy (non-hydrogen) atoms. The van der Waals surface area contributed by atoms with Crippen LogP contribution in [0.4, 0.5) is 0 Å². The molecule has 0 saturated carbocycles. The molecule has 1 aromatic heterocycles. The predicted molar refractivity (Wildman–Crippen MR) is 105 cm³/mol. The quantitative estimate of drug-likeness (QED) is 0.565. The fourth-order valence-corrected chi connectivity index (χ4v) is 3.19. The largest absolute Gasteiger partial charge is 0.385 e. The number of carbonyl (C=O) groups is 2. The van der Waals surface area contributed by atoms with Gasteiger partial charge in [0.1, 0.15) is 6.33 Å². The molecule has 1 fully saturated rings. The number of methoxy groups -OCH3 is 1. The molecule has 1 saturated heterocycles. The molecule has 1 aromatic carbocycles. The summed E-state index contributed by atoms with van der Waals surface area (Å²) in [5, 5.41) is 14.0. The number of hydrogen-bond donors (Lipinski definition) is 1. The van der Waals surface area contributed by atoms with Crippen molar-refractivity contribution in [1.29, 1.82) is 0 Å². The standard InChI is InChI=1S/C19H27N7O3/c1-29-12-2-7-20-18(27)14-24-8-10-25(11-9-24)19(28)13-16-3-5-17(6-4-16)26-15-21-22-23-26/h3-6,15H,2,7-14H2,1H3,(H,20,27). The van der Waals surface area contributed by atoms with Gasteiger partial charge in [0, 0.05) is 46.4 Å². The van der Waals surface area contributed by atoms with E-state index in [1.165, 1.54) is 6.33 Å². The number of benzene rings is 1. The molecule has 10 nitrogen and oxygen atoms in total. The topological polar surface area (TPSA) is 105 Å². The monoisotopic (exact) mass is 401 g/mol. The van der Waals surface area contributed by atoms with Crippen LogP contribution in [0.1, 0.15) is 12.0 Å². The molecule has 2 heterocycles. The third-order valence-electron chi connectivity index (χ3n) is 4.84. The molecule has 0 radical (unpaired) electrons. The fraction of sp³-hybridized carbons (Fsp3) is 0.526. The van der Waals surface area contributed by atoms with E-state index in [0.717, 1.165) is 17.7 Å². The number of aromatic nitrogens is 4. The first-order valence-corrected chi connectivity index (χ1v) is 9.74. The van der Waals surface area contributed by atoms with Gasteiger partial charge in [-0.25, -0.2) is 4.68 Å². The van der Waals surface area contributed by atoms with Crippen molar-refractivity contribution in [2.24, 2.45) is 0 Å². The zero-order valence-corrected chi connectivity index (χ0v) is 16.7. The molecule has 2 amide bonds. The van der Waals surface area contributed by atoms with Crippen LogP contribution in [0.15, 0.2) is 30.6 Å². The maximum atomic E-state index is 12.6. The Balaban J connectivity index is 1.39. The molecule has 0 aliphatic carbocycles. The minimum Gasteiger partial charge on any atom is -0.385 e. The van der Waals surface area contributed by atoms with Gasteiger partial charge < -0.3 is 15.0 Å². The lowest BCUT2D eigenvalue weighted by atomic mass is 10.1. The molecule has 1 N–H and O–H groups in total. The zero-order valence-electron chi connectivity index (χ0n) is 16.7. The molecule has 2 aromatic rings. The van der Waals surface area contributed by atoms with Crippen molar-refractivity contribution < 1.29 is 14.3 Å². The van der Waals surface area contributed by atoms with Gasteiger partial charge in [-0.15, -0.1) is 5.10 Å². The second-order valence-corrected chi connectivity index (χ2v) is 6.95. The molecule has 10 heteroatoms. The van der Waals surface area contributed by atoms with Crippen molar-refractivity contribution in [2.75, 3.05) is 53.0 Å². The summed E-state index contributed by atoms with van der Waals surface area (Å²) in [6, 6.07) is 7.61. The van der Waals surface area contributed by atoms with Gasteiger partial charge in [0.2, 0.25) is 11.8 Å². The van der Waals surface area contributed by atoms with Crippen LogP contribution >= 0.6 is 0 Å². The van der Waals surface area contributed by atoms with Gasteiger partial charge in [-0.1, -0.05) is 12.1 Å². The highest BCUT2D eigenvalue weighted by Gasteiger charge is 2.22. The van der Waals surface area contributed by atoms with Crippen LogP contribution in [0.25, 0.3) is 5.69 Å². The second-order valence-electron chi connectivity index (χ2n) is 6.95. The van der Waals surface area contributed by atoms with Gasteiger partial charge in [-0.3, -0.25) is 14.5 Å². The van der Waals surface area contributed by atoms with E-state index in [1.807, 2.05) is 29.2 Å². The first kappa shape index (κ1) is 20.9. The molecule has 0 bridgehead atoms. The summed E-state index contributed by atoms with van der Waals surface area (Å²) < 4.78 is 6.53. The van der Waals surface area contributed by atoms with E-state index < -0.39 is 0 Å². The molecule has 3 rings (SSSR count). The molecular weight excluding hydrogens is 374 g/mol. The van der Waals surface area contributed by atoms with Crippen molar-refractivity contribution in [3.05, 3.63) is 36.2 Å².